The first kappa shape index (κ1) is 21.5. The number of aromatic nitrogens is 1. The van der Waals surface area contributed by atoms with E-state index in [1.54, 1.807) is 24.4 Å². The van der Waals surface area contributed by atoms with Crippen LogP contribution in [-0.2, 0) is 10.0 Å². The summed E-state index contributed by atoms with van der Waals surface area (Å²) in [5, 5.41) is 17.5. The summed E-state index contributed by atoms with van der Waals surface area (Å²) in [6.45, 7) is 1.66. The number of anilines is 3. The van der Waals surface area contributed by atoms with Gasteiger partial charge in [0.15, 0.2) is 5.13 Å². The van der Waals surface area contributed by atoms with Gasteiger partial charge in [-0.2, -0.15) is 5.10 Å². The topological polar surface area (TPSA) is 153 Å². The number of hydrogen-bond acceptors (Lipinski definition) is 9. The van der Waals surface area contributed by atoms with E-state index in [4.69, 9.17) is 17.3 Å². The third-order valence-electron chi connectivity index (χ3n) is 3.82. The highest BCUT2D eigenvalue weighted by Gasteiger charge is 2.23. The molecule has 1 heterocycles. The van der Waals surface area contributed by atoms with Crippen LogP contribution in [0.3, 0.4) is 0 Å². The van der Waals surface area contributed by atoms with Gasteiger partial charge in [-0.25, -0.2) is 13.4 Å². The van der Waals surface area contributed by atoms with E-state index in [9.17, 15) is 18.5 Å². The van der Waals surface area contributed by atoms with Crippen LogP contribution in [-0.4, -0.2) is 24.0 Å². The van der Waals surface area contributed by atoms with Crippen LogP contribution in [0.4, 0.5) is 22.2 Å². The predicted molar refractivity (Wildman–Crippen MR) is 118 cm³/mol. The molecule has 0 amide bonds. The molecule has 0 aliphatic heterocycles. The number of hydrogen-bond donors (Lipinski definition) is 3. The average Bonchev–Trinajstić information content (AvgIpc) is 3.14. The molecule has 0 saturated heterocycles. The molecule has 0 unspecified atom stereocenters. The molecule has 4 N–H and O–H groups in total. The highest BCUT2D eigenvalue weighted by molar-refractivity contribution is 7.93. The van der Waals surface area contributed by atoms with Gasteiger partial charge in [0.05, 0.1) is 32.7 Å². The number of rotatable bonds is 7. The molecule has 0 aliphatic rings. The molecule has 3 rings (SSSR count). The van der Waals surface area contributed by atoms with E-state index in [0.717, 1.165) is 6.07 Å². The Kier molecular flexibility index (Phi) is 6.20. The van der Waals surface area contributed by atoms with Crippen molar-refractivity contribution in [3.8, 4) is 0 Å². The predicted octanol–water partition coefficient (Wildman–Crippen LogP) is 3.92. The SMILES string of the molecule is CC(=NNc1ccc([N+](=O)[O-])cc1S(=O)(=O)Nc1ccccc1Cl)c1csc(N)n1. The van der Waals surface area contributed by atoms with Crippen LogP contribution in [0.15, 0.2) is 57.8 Å². The van der Waals surface area contributed by atoms with Crippen LogP contribution >= 0.6 is 22.9 Å². The summed E-state index contributed by atoms with van der Waals surface area (Å²) in [6.07, 6.45) is 0. The van der Waals surface area contributed by atoms with Crippen molar-refractivity contribution in [1.82, 2.24) is 4.98 Å². The molecule has 0 aliphatic carbocycles. The van der Waals surface area contributed by atoms with Crippen molar-refractivity contribution in [2.24, 2.45) is 5.10 Å². The first-order chi connectivity index (χ1) is 14.2. The van der Waals surface area contributed by atoms with Gasteiger partial charge in [0.25, 0.3) is 15.7 Å². The van der Waals surface area contributed by atoms with Crippen molar-refractivity contribution in [3.05, 3.63) is 68.7 Å². The van der Waals surface area contributed by atoms with Crippen LogP contribution in [0.25, 0.3) is 0 Å². The minimum absolute atomic E-state index is 0.0303. The van der Waals surface area contributed by atoms with Crippen molar-refractivity contribution >= 4 is 60.9 Å². The number of sulfonamides is 1. The number of halogens is 1. The summed E-state index contributed by atoms with van der Waals surface area (Å²) in [6, 6.07) is 9.59. The summed E-state index contributed by atoms with van der Waals surface area (Å²) in [4.78, 5) is 14.2. The number of hydrazone groups is 1. The number of nitrogens with one attached hydrogen (secondary N) is 2. The lowest BCUT2D eigenvalue weighted by atomic mass is 10.3. The summed E-state index contributed by atoms with van der Waals surface area (Å²) in [5.74, 6) is 0. The van der Waals surface area contributed by atoms with Crippen LogP contribution < -0.4 is 15.9 Å². The summed E-state index contributed by atoms with van der Waals surface area (Å²) < 4.78 is 28.3. The molecular formula is C17H15ClN6O4S2. The average molecular weight is 467 g/mol. The van der Waals surface area contributed by atoms with Gasteiger partial charge in [-0.3, -0.25) is 20.3 Å². The number of benzene rings is 2. The highest BCUT2D eigenvalue weighted by Crippen LogP contribution is 2.30. The molecule has 0 bridgehead atoms. The van der Waals surface area contributed by atoms with Gasteiger partial charge in [-0.15, -0.1) is 11.3 Å². The van der Waals surface area contributed by atoms with Crippen molar-refractivity contribution < 1.29 is 13.3 Å². The van der Waals surface area contributed by atoms with Crippen LogP contribution in [0.5, 0.6) is 0 Å². The molecule has 0 radical (unpaired) electrons. The van der Waals surface area contributed by atoms with Crippen LogP contribution in [0, 0.1) is 10.1 Å². The number of nitro benzene ring substituents is 1. The number of thiazole rings is 1. The second kappa shape index (κ2) is 8.65. The van der Waals surface area contributed by atoms with Gasteiger partial charge in [0, 0.05) is 17.5 Å². The van der Waals surface area contributed by atoms with Gasteiger partial charge in [-0.05, 0) is 25.1 Å². The van der Waals surface area contributed by atoms with Crippen LogP contribution in [0.1, 0.15) is 12.6 Å². The van der Waals surface area contributed by atoms with E-state index >= 15 is 0 Å². The van der Waals surface area contributed by atoms with Crippen molar-refractivity contribution in [2.45, 2.75) is 11.8 Å². The maximum absolute atomic E-state index is 13.0. The molecule has 13 heteroatoms. The second-order valence-electron chi connectivity index (χ2n) is 5.90. The van der Waals surface area contributed by atoms with Crippen molar-refractivity contribution in [1.29, 1.82) is 0 Å². The maximum Gasteiger partial charge on any atom is 0.270 e. The summed E-state index contributed by atoms with van der Waals surface area (Å²) >= 11 is 7.26. The van der Waals surface area contributed by atoms with Gasteiger partial charge in [-0.1, -0.05) is 23.7 Å². The number of para-hydroxylation sites is 1. The van der Waals surface area contributed by atoms with E-state index in [1.807, 2.05) is 0 Å². The standard InChI is InChI=1S/C17H15ClN6O4S2/c1-10(15-9-29-17(19)20-15)21-22-14-7-6-11(24(25)26)8-16(14)30(27,28)23-13-5-3-2-4-12(13)18/h2-9,22-23H,1H3,(H2,19,20). The first-order valence-electron chi connectivity index (χ1n) is 8.25. The third kappa shape index (κ3) is 4.84. The Morgan fingerprint density at radius 1 is 1.27 bits per heavy atom. The summed E-state index contributed by atoms with van der Waals surface area (Å²) in [7, 11) is -4.24. The fraction of sp³-hybridized carbons (Fsp3) is 0.0588. The molecule has 156 valence electrons. The normalized spacial score (nSPS) is 11.9. The Labute approximate surface area is 180 Å². The van der Waals surface area contributed by atoms with E-state index < -0.39 is 20.6 Å². The second-order valence-corrected chi connectivity index (χ2v) is 8.85. The minimum atomic E-state index is -4.24. The lowest BCUT2D eigenvalue weighted by molar-refractivity contribution is -0.385. The van der Waals surface area contributed by atoms with Gasteiger partial charge in [0.1, 0.15) is 4.90 Å². The lowest BCUT2D eigenvalue weighted by Gasteiger charge is -2.13. The Bertz CT molecular complexity index is 1240. The highest BCUT2D eigenvalue weighted by atomic mass is 35.5. The zero-order valence-corrected chi connectivity index (χ0v) is 17.8. The van der Waals surface area contributed by atoms with E-state index in [-0.39, 0.29) is 21.3 Å². The largest absolute Gasteiger partial charge is 0.375 e. The fourth-order valence-electron chi connectivity index (χ4n) is 2.34. The van der Waals surface area contributed by atoms with Gasteiger partial charge in [0.2, 0.25) is 0 Å². The number of nitrogen functional groups attached to an aromatic ring is 1. The lowest BCUT2D eigenvalue weighted by Crippen LogP contribution is -2.15. The Morgan fingerprint density at radius 3 is 2.63 bits per heavy atom. The molecule has 2 aromatic carbocycles. The number of nitrogens with zero attached hydrogens (tertiary/aromatic N) is 3. The smallest absolute Gasteiger partial charge is 0.270 e. The number of non-ortho nitro benzene ring substituents is 1. The molecular weight excluding hydrogens is 452 g/mol. The minimum Gasteiger partial charge on any atom is -0.375 e. The Hall–Kier alpha value is -3.22. The zero-order valence-electron chi connectivity index (χ0n) is 15.4. The van der Waals surface area contributed by atoms with Crippen molar-refractivity contribution in [2.75, 3.05) is 15.9 Å². The molecule has 1 aromatic heterocycles. The monoisotopic (exact) mass is 466 g/mol. The van der Waals surface area contributed by atoms with Crippen LogP contribution in [0.2, 0.25) is 5.02 Å². The van der Waals surface area contributed by atoms with Gasteiger partial charge >= 0.3 is 0 Å². The molecule has 0 saturated carbocycles. The van der Waals surface area contributed by atoms with E-state index in [2.05, 4.69) is 20.2 Å². The third-order valence-corrected chi connectivity index (χ3v) is 6.23. The Morgan fingerprint density at radius 2 is 2.00 bits per heavy atom. The molecule has 0 spiro atoms. The molecule has 10 nitrogen and oxygen atoms in total. The Balaban J connectivity index is 2.00. The molecule has 3 aromatic rings. The van der Waals surface area contributed by atoms with E-state index in [0.29, 0.717) is 16.5 Å². The molecule has 30 heavy (non-hydrogen) atoms. The number of nitro groups is 1. The number of nitrogens with two attached hydrogens (primary N) is 1. The summed E-state index contributed by atoms with van der Waals surface area (Å²) in [5.41, 5.74) is 8.97. The fourth-order valence-corrected chi connectivity index (χ4v) is 4.44. The van der Waals surface area contributed by atoms with Gasteiger partial charge < -0.3 is 5.73 Å². The van der Waals surface area contributed by atoms with Crippen molar-refractivity contribution in [3.63, 3.8) is 0 Å². The molecule has 0 atom stereocenters. The zero-order chi connectivity index (χ0) is 21.9. The maximum atomic E-state index is 13.0. The quantitative estimate of drug-likeness (QED) is 0.271. The first-order valence-corrected chi connectivity index (χ1v) is 11.0. The van der Waals surface area contributed by atoms with E-state index in [1.165, 1.54) is 35.6 Å². The molecule has 0 fully saturated rings.